The lowest BCUT2D eigenvalue weighted by atomic mass is 10.0. The summed E-state index contributed by atoms with van der Waals surface area (Å²) in [5.74, 6) is -1.11. The van der Waals surface area contributed by atoms with Crippen LogP contribution in [0.1, 0.15) is 36.9 Å². The number of hydrogen-bond acceptors (Lipinski definition) is 2. The number of carbonyl (C=O) groups excluding carboxylic acids is 1. The van der Waals surface area contributed by atoms with Gasteiger partial charge >= 0.3 is 0 Å². The maximum absolute atomic E-state index is 13.8. The van der Waals surface area contributed by atoms with E-state index in [2.05, 4.69) is 10.6 Å². The number of carbonyl (C=O) groups is 1. The summed E-state index contributed by atoms with van der Waals surface area (Å²) in [6.45, 7) is 1.82. The Morgan fingerprint density at radius 2 is 1.96 bits per heavy atom. The first-order chi connectivity index (χ1) is 11.0. The van der Waals surface area contributed by atoms with Crippen LogP contribution in [0.5, 0.6) is 0 Å². The average Bonchev–Trinajstić information content (AvgIpc) is 2.67. The van der Waals surface area contributed by atoms with Crippen LogP contribution in [0.3, 0.4) is 0 Å². The van der Waals surface area contributed by atoms with Crippen molar-refractivity contribution in [1.29, 1.82) is 0 Å². The van der Waals surface area contributed by atoms with Gasteiger partial charge in [-0.2, -0.15) is 0 Å². The molecular formula is C18H18F2N2O. The summed E-state index contributed by atoms with van der Waals surface area (Å²) in [7, 11) is 0. The lowest BCUT2D eigenvalue weighted by Gasteiger charge is -2.18. The monoisotopic (exact) mass is 316 g/mol. The molecule has 1 atom stereocenters. The highest BCUT2D eigenvalue weighted by Gasteiger charge is 2.15. The lowest BCUT2D eigenvalue weighted by Crippen LogP contribution is -2.10. The third kappa shape index (κ3) is 3.50. The Balaban J connectivity index is 1.80. The number of halogens is 2. The molecule has 120 valence electrons. The van der Waals surface area contributed by atoms with Crippen LogP contribution in [-0.4, -0.2) is 5.91 Å². The van der Waals surface area contributed by atoms with Gasteiger partial charge in [-0.15, -0.1) is 0 Å². The number of anilines is 2. The van der Waals surface area contributed by atoms with Crippen LogP contribution in [0.25, 0.3) is 0 Å². The van der Waals surface area contributed by atoms with Gasteiger partial charge in [0.05, 0.1) is 6.04 Å². The van der Waals surface area contributed by atoms with Gasteiger partial charge in [0, 0.05) is 29.4 Å². The number of benzene rings is 2. The highest BCUT2D eigenvalue weighted by molar-refractivity contribution is 5.92. The van der Waals surface area contributed by atoms with E-state index in [1.165, 1.54) is 12.1 Å². The van der Waals surface area contributed by atoms with Crippen LogP contribution in [0.4, 0.5) is 20.2 Å². The lowest BCUT2D eigenvalue weighted by molar-refractivity contribution is -0.116. The molecule has 3 nitrogen and oxygen atoms in total. The molecule has 3 rings (SSSR count). The molecule has 1 heterocycles. The molecule has 2 N–H and O–H groups in total. The SMILES string of the molecule is CC(Nc1ccc2c(c1)CCCC(=O)N2)c1ccc(F)cc1F. The molecule has 0 saturated carbocycles. The summed E-state index contributed by atoms with van der Waals surface area (Å²) >= 11 is 0. The van der Waals surface area contributed by atoms with Crippen LogP contribution >= 0.6 is 0 Å². The van der Waals surface area contributed by atoms with Crippen molar-refractivity contribution in [2.75, 3.05) is 10.6 Å². The molecule has 2 aromatic carbocycles. The quantitative estimate of drug-likeness (QED) is 0.880. The topological polar surface area (TPSA) is 41.1 Å². The maximum Gasteiger partial charge on any atom is 0.224 e. The van der Waals surface area contributed by atoms with Gasteiger partial charge in [0.25, 0.3) is 0 Å². The summed E-state index contributed by atoms with van der Waals surface area (Å²) in [4.78, 5) is 11.6. The van der Waals surface area contributed by atoms with Gasteiger partial charge < -0.3 is 10.6 Å². The zero-order valence-corrected chi connectivity index (χ0v) is 12.8. The van der Waals surface area contributed by atoms with E-state index in [4.69, 9.17) is 0 Å². The molecule has 0 radical (unpaired) electrons. The van der Waals surface area contributed by atoms with Crippen molar-refractivity contribution in [1.82, 2.24) is 0 Å². The molecule has 1 amide bonds. The second-order valence-corrected chi connectivity index (χ2v) is 5.81. The van der Waals surface area contributed by atoms with E-state index in [1.807, 2.05) is 25.1 Å². The Labute approximate surface area is 133 Å². The van der Waals surface area contributed by atoms with Gasteiger partial charge in [-0.3, -0.25) is 4.79 Å². The van der Waals surface area contributed by atoms with Crippen LogP contribution in [0.15, 0.2) is 36.4 Å². The fourth-order valence-electron chi connectivity index (χ4n) is 2.84. The maximum atomic E-state index is 13.8. The minimum atomic E-state index is -0.584. The van der Waals surface area contributed by atoms with E-state index >= 15 is 0 Å². The molecule has 0 saturated heterocycles. The first-order valence-corrected chi connectivity index (χ1v) is 7.67. The highest BCUT2D eigenvalue weighted by Crippen LogP contribution is 2.28. The third-order valence-corrected chi connectivity index (χ3v) is 4.04. The zero-order chi connectivity index (χ0) is 16.4. The van der Waals surface area contributed by atoms with E-state index in [0.717, 1.165) is 35.8 Å². The third-order valence-electron chi connectivity index (χ3n) is 4.04. The number of hydrogen-bond donors (Lipinski definition) is 2. The van der Waals surface area contributed by atoms with Gasteiger partial charge in [0.15, 0.2) is 0 Å². The summed E-state index contributed by atoms with van der Waals surface area (Å²) in [5.41, 5.74) is 3.15. The molecule has 23 heavy (non-hydrogen) atoms. The molecule has 0 fully saturated rings. The highest BCUT2D eigenvalue weighted by atomic mass is 19.1. The first kappa shape index (κ1) is 15.5. The smallest absolute Gasteiger partial charge is 0.224 e. The van der Waals surface area contributed by atoms with Crippen molar-refractivity contribution in [3.8, 4) is 0 Å². The molecule has 1 unspecified atom stereocenters. The van der Waals surface area contributed by atoms with Gasteiger partial charge in [0.2, 0.25) is 5.91 Å². The molecular weight excluding hydrogens is 298 g/mol. The largest absolute Gasteiger partial charge is 0.378 e. The van der Waals surface area contributed by atoms with Gasteiger partial charge in [-0.25, -0.2) is 8.78 Å². The summed E-state index contributed by atoms with van der Waals surface area (Å²) in [6.07, 6.45) is 2.15. The van der Waals surface area contributed by atoms with Gasteiger partial charge in [-0.1, -0.05) is 6.07 Å². The minimum absolute atomic E-state index is 0.0335. The summed E-state index contributed by atoms with van der Waals surface area (Å²) < 4.78 is 26.8. The second kappa shape index (κ2) is 6.36. The van der Waals surface area contributed by atoms with E-state index in [-0.39, 0.29) is 11.9 Å². The van der Waals surface area contributed by atoms with Crippen LogP contribution in [0.2, 0.25) is 0 Å². The van der Waals surface area contributed by atoms with Crippen molar-refractivity contribution in [3.63, 3.8) is 0 Å². The number of aryl methyl sites for hydroxylation is 1. The molecule has 0 aromatic heterocycles. The molecule has 0 aliphatic carbocycles. The molecule has 5 heteroatoms. The van der Waals surface area contributed by atoms with E-state index in [1.54, 1.807) is 0 Å². The van der Waals surface area contributed by atoms with Crippen molar-refractivity contribution >= 4 is 17.3 Å². The Hall–Kier alpha value is -2.43. The fourth-order valence-corrected chi connectivity index (χ4v) is 2.84. The van der Waals surface area contributed by atoms with Crippen molar-refractivity contribution in [2.24, 2.45) is 0 Å². The number of rotatable bonds is 3. The second-order valence-electron chi connectivity index (χ2n) is 5.81. The van der Waals surface area contributed by atoms with Crippen molar-refractivity contribution in [3.05, 3.63) is 59.2 Å². The molecule has 1 aliphatic rings. The molecule has 2 aromatic rings. The predicted molar refractivity (Wildman–Crippen MR) is 86.4 cm³/mol. The minimum Gasteiger partial charge on any atom is -0.378 e. The van der Waals surface area contributed by atoms with Crippen molar-refractivity contribution in [2.45, 2.75) is 32.2 Å². The number of fused-ring (bicyclic) bond motifs is 1. The Kier molecular flexibility index (Phi) is 4.28. The van der Waals surface area contributed by atoms with Crippen molar-refractivity contribution < 1.29 is 13.6 Å². The van der Waals surface area contributed by atoms with E-state index in [0.29, 0.717) is 12.0 Å². The normalized spacial score (nSPS) is 15.3. The first-order valence-electron chi connectivity index (χ1n) is 7.67. The molecule has 0 spiro atoms. The fraction of sp³-hybridized carbons (Fsp3) is 0.278. The Morgan fingerprint density at radius 1 is 1.13 bits per heavy atom. The predicted octanol–water partition coefficient (Wildman–Crippen LogP) is 4.41. The van der Waals surface area contributed by atoms with Crippen LogP contribution in [0, 0.1) is 11.6 Å². The molecule has 0 bridgehead atoms. The average molecular weight is 316 g/mol. The summed E-state index contributed by atoms with van der Waals surface area (Å²) in [5, 5.41) is 6.11. The van der Waals surface area contributed by atoms with Gasteiger partial charge in [-0.05, 0) is 49.6 Å². The summed E-state index contributed by atoms with van der Waals surface area (Å²) in [6, 6.07) is 8.97. The van der Waals surface area contributed by atoms with Gasteiger partial charge in [0.1, 0.15) is 11.6 Å². The van der Waals surface area contributed by atoms with Crippen LogP contribution in [-0.2, 0) is 11.2 Å². The standard InChI is InChI=1S/C18H18F2N2O/c1-11(15-7-5-13(19)10-16(15)20)21-14-6-8-17-12(9-14)3-2-4-18(23)22-17/h5-11,21H,2-4H2,1H3,(H,22,23). The van der Waals surface area contributed by atoms with E-state index < -0.39 is 11.6 Å². The number of amides is 1. The Morgan fingerprint density at radius 3 is 2.74 bits per heavy atom. The Bertz CT molecular complexity index is 746. The van der Waals surface area contributed by atoms with E-state index in [9.17, 15) is 13.6 Å². The zero-order valence-electron chi connectivity index (χ0n) is 12.8. The molecule has 1 aliphatic heterocycles. The number of nitrogens with one attached hydrogen (secondary N) is 2. The van der Waals surface area contributed by atoms with Crippen LogP contribution < -0.4 is 10.6 Å².